The van der Waals surface area contributed by atoms with Crippen molar-refractivity contribution >= 4 is 21.9 Å². The van der Waals surface area contributed by atoms with Crippen LogP contribution in [0, 0.1) is 0 Å². The zero-order valence-electron chi connectivity index (χ0n) is 19.2. The molecule has 174 valence electrons. The summed E-state index contributed by atoms with van der Waals surface area (Å²) < 4.78 is 11.1. The van der Waals surface area contributed by atoms with Gasteiger partial charge in [0.1, 0.15) is 23.6 Å². The van der Waals surface area contributed by atoms with Crippen LogP contribution < -0.4 is 4.74 Å². The molecular weight excluding hydrogens is 444 g/mol. The Bertz CT molecular complexity index is 1620. The summed E-state index contributed by atoms with van der Waals surface area (Å²) in [6.45, 7) is 1.40. The number of furan rings is 1. The van der Waals surface area contributed by atoms with E-state index < -0.39 is 0 Å². The zero-order valence-corrected chi connectivity index (χ0v) is 19.2. The third-order valence-electron chi connectivity index (χ3n) is 5.71. The number of rotatable bonds is 7. The lowest BCUT2D eigenvalue weighted by Crippen LogP contribution is -2.19. The van der Waals surface area contributed by atoms with E-state index >= 15 is 0 Å². The van der Waals surface area contributed by atoms with Gasteiger partial charge in [-0.2, -0.15) is 5.10 Å². The predicted octanol–water partition coefficient (Wildman–Crippen LogP) is 4.16. The summed E-state index contributed by atoms with van der Waals surface area (Å²) in [6, 6.07) is 5.82. The van der Waals surface area contributed by atoms with E-state index in [4.69, 9.17) is 14.1 Å². The number of aromatic amines is 2. The minimum absolute atomic E-state index is 0.582. The number of likely N-dealkylation sites (N-methyl/N-ethyl adjacent to an activating group) is 1. The van der Waals surface area contributed by atoms with Crippen LogP contribution in [0.15, 0.2) is 66.1 Å². The molecule has 0 aliphatic heterocycles. The van der Waals surface area contributed by atoms with Crippen molar-refractivity contribution in [3.8, 4) is 39.7 Å². The second kappa shape index (κ2) is 8.65. The topological polar surface area (TPSA) is 122 Å². The highest BCUT2D eigenvalue weighted by molar-refractivity contribution is 5.97. The molecule has 10 heteroatoms. The molecular formula is C25H22N8O2. The van der Waals surface area contributed by atoms with Gasteiger partial charge >= 0.3 is 0 Å². The number of nitrogens with one attached hydrogen (secondary N) is 2. The Hall–Kier alpha value is -4.57. The van der Waals surface area contributed by atoms with Gasteiger partial charge in [-0.15, -0.1) is 0 Å². The SMILES string of the molecule is CN(C)CCOc1cncc(-c2cc3c(-c4nc5c(-c6ccoc6)cncc5[nH]4)n[nH]c3cn2)c1. The van der Waals surface area contributed by atoms with Crippen molar-refractivity contribution in [2.24, 2.45) is 0 Å². The van der Waals surface area contributed by atoms with Gasteiger partial charge in [0.25, 0.3) is 0 Å². The molecule has 35 heavy (non-hydrogen) atoms. The number of fused-ring (bicyclic) bond motifs is 2. The molecule has 0 aliphatic carbocycles. The second-order valence-electron chi connectivity index (χ2n) is 8.43. The molecule has 0 aromatic carbocycles. The van der Waals surface area contributed by atoms with Crippen molar-refractivity contribution < 1.29 is 9.15 Å². The third-order valence-corrected chi connectivity index (χ3v) is 5.71. The van der Waals surface area contributed by atoms with Gasteiger partial charge < -0.3 is 19.0 Å². The maximum Gasteiger partial charge on any atom is 0.159 e. The van der Waals surface area contributed by atoms with Gasteiger partial charge in [0.05, 0.1) is 47.8 Å². The Morgan fingerprint density at radius 1 is 1.00 bits per heavy atom. The molecule has 0 fully saturated rings. The molecule has 0 amide bonds. The van der Waals surface area contributed by atoms with E-state index in [0.717, 1.165) is 50.9 Å². The van der Waals surface area contributed by atoms with Gasteiger partial charge in [-0.3, -0.25) is 20.1 Å². The highest BCUT2D eigenvalue weighted by Gasteiger charge is 2.17. The van der Waals surface area contributed by atoms with Gasteiger partial charge in [0.2, 0.25) is 0 Å². The summed E-state index contributed by atoms with van der Waals surface area (Å²) in [5.41, 5.74) is 6.55. The van der Waals surface area contributed by atoms with E-state index in [2.05, 4.69) is 35.0 Å². The predicted molar refractivity (Wildman–Crippen MR) is 132 cm³/mol. The molecule has 6 rings (SSSR count). The average molecular weight is 467 g/mol. The van der Waals surface area contributed by atoms with Gasteiger partial charge in [0.15, 0.2) is 5.82 Å². The fraction of sp³-hybridized carbons (Fsp3) is 0.160. The molecule has 0 aliphatic rings. The van der Waals surface area contributed by atoms with Crippen molar-refractivity contribution in [3.05, 3.63) is 61.7 Å². The number of hydrogen-bond donors (Lipinski definition) is 2. The van der Waals surface area contributed by atoms with Crippen LogP contribution >= 0.6 is 0 Å². The Balaban J connectivity index is 1.38. The van der Waals surface area contributed by atoms with E-state index in [1.54, 1.807) is 43.5 Å². The van der Waals surface area contributed by atoms with Crippen LogP contribution in [0.1, 0.15) is 0 Å². The van der Waals surface area contributed by atoms with Crippen LogP contribution in [-0.2, 0) is 0 Å². The minimum atomic E-state index is 0.582. The molecule has 6 aromatic heterocycles. The average Bonchev–Trinajstić information content (AvgIpc) is 3.62. The van der Waals surface area contributed by atoms with Crippen molar-refractivity contribution in [1.82, 2.24) is 40.0 Å². The van der Waals surface area contributed by atoms with Gasteiger partial charge in [-0.1, -0.05) is 0 Å². The maximum atomic E-state index is 5.84. The lowest BCUT2D eigenvalue weighted by molar-refractivity contribution is 0.261. The molecule has 6 aromatic rings. The third kappa shape index (κ3) is 4.00. The summed E-state index contributed by atoms with van der Waals surface area (Å²) in [6.07, 6.45) is 12.1. The van der Waals surface area contributed by atoms with Crippen LogP contribution in [0.5, 0.6) is 5.75 Å². The number of pyridine rings is 3. The number of aromatic nitrogens is 7. The smallest absolute Gasteiger partial charge is 0.159 e. The van der Waals surface area contributed by atoms with Crippen LogP contribution in [0.2, 0.25) is 0 Å². The van der Waals surface area contributed by atoms with Gasteiger partial charge in [0, 0.05) is 41.0 Å². The molecule has 0 saturated heterocycles. The largest absolute Gasteiger partial charge is 0.491 e. The van der Waals surface area contributed by atoms with Gasteiger partial charge in [-0.05, 0) is 32.3 Å². The molecule has 0 unspecified atom stereocenters. The molecule has 2 N–H and O–H groups in total. The van der Waals surface area contributed by atoms with Crippen LogP contribution in [0.25, 0.3) is 55.8 Å². The van der Waals surface area contributed by atoms with Crippen molar-refractivity contribution in [2.45, 2.75) is 0 Å². The normalized spacial score (nSPS) is 11.6. The zero-order chi connectivity index (χ0) is 23.8. The summed E-state index contributed by atoms with van der Waals surface area (Å²) in [7, 11) is 4.02. The minimum Gasteiger partial charge on any atom is -0.491 e. The Morgan fingerprint density at radius 3 is 2.77 bits per heavy atom. The van der Waals surface area contributed by atoms with Gasteiger partial charge in [-0.25, -0.2) is 4.98 Å². The molecule has 0 atom stereocenters. The number of hydrogen-bond acceptors (Lipinski definition) is 8. The number of nitrogens with zero attached hydrogens (tertiary/aromatic N) is 6. The lowest BCUT2D eigenvalue weighted by atomic mass is 10.1. The molecule has 0 saturated carbocycles. The summed E-state index contributed by atoms with van der Waals surface area (Å²) in [5.74, 6) is 1.34. The fourth-order valence-corrected chi connectivity index (χ4v) is 3.91. The highest BCUT2D eigenvalue weighted by atomic mass is 16.5. The number of imidazole rings is 1. The first-order chi connectivity index (χ1) is 17.2. The van der Waals surface area contributed by atoms with Crippen molar-refractivity contribution in [1.29, 1.82) is 0 Å². The molecule has 0 radical (unpaired) electrons. The number of ether oxygens (including phenoxy) is 1. The van der Waals surface area contributed by atoms with E-state index in [1.807, 2.05) is 32.3 Å². The van der Waals surface area contributed by atoms with Crippen molar-refractivity contribution in [2.75, 3.05) is 27.2 Å². The van der Waals surface area contributed by atoms with Crippen LogP contribution in [-0.4, -0.2) is 67.3 Å². The van der Waals surface area contributed by atoms with E-state index in [1.165, 1.54) is 0 Å². The molecule has 0 spiro atoms. The second-order valence-corrected chi connectivity index (χ2v) is 8.43. The van der Waals surface area contributed by atoms with Crippen molar-refractivity contribution in [3.63, 3.8) is 0 Å². The molecule has 6 heterocycles. The molecule has 10 nitrogen and oxygen atoms in total. The Kier molecular flexibility index (Phi) is 5.19. The first-order valence-corrected chi connectivity index (χ1v) is 11.1. The summed E-state index contributed by atoms with van der Waals surface area (Å²) in [4.78, 5) is 23.5. The Morgan fingerprint density at radius 2 is 1.91 bits per heavy atom. The van der Waals surface area contributed by atoms with E-state index in [0.29, 0.717) is 23.9 Å². The fourth-order valence-electron chi connectivity index (χ4n) is 3.91. The first kappa shape index (κ1) is 21.0. The number of H-pyrrole nitrogens is 2. The monoisotopic (exact) mass is 466 g/mol. The molecule has 0 bridgehead atoms. The first-order valence-electron chi connectivity index (χ1n) is 11.1. The standard InChI is InChI=1S/C25H22N8O2/c1-33(2)4-6-35-17-7-16(9-26-10-17)20-8-18-21(13-28-20)31-32-24(18)25-29-22-12-27-11-19(23(22)30-25)15-3-5-34-14-15/h3,5,7-14H,4,6H2,1-2H3,(H,29,30)(H,31,32). The van der Waals surface area contributed by atoms with E-state index in [9.17, 15) is 0 Å². The summed E-state index contributed by atoms with van der Waals surface area (Å²) in [5, 5.41) is 8.47. The quantitative estimate of drug-likeness (QED) is 0.360. The summed E-state index contributed by atoms with van der Waals surface area (Å²) >= 11 is 0. The lowest BCUT2D eigenvalue weighted by Gasteiger charge is -2.11. The van der Waals surface area contributed by atoms with Crippen LogP contribution in [0.4, 0.5) is 0 Å². The Labute approximate surface area is 200 Å². The van der Waals surface area contributed by atoms with Crippen LogP contribution in [0.3, 0.4) is 0 Å². The highest BCUT2D eigenvalue weighted by Crippen LogP contribution is 2.32. The maximum absolute atomic E-state index is 5.84. The van der Waals surface area contributed by atoms with E-state index in [-0.39, 0.29) is 0 Å².